The topological polar surface area (TPSA) is 53.5 Å². The summed E-state index contributed by atoms with van der Waals surface area (Å²) in [5.74, 6) is -0.131. The SMILES string of the molecule is CC(=O)CC(=O)N1CCN(c2nccs2)CC1. The first-order chi connectivity index (χ1) is 8.16. The molecule has 0 saturated carbocycles. The second-order valence-electron chi connectivity index (χ2n) is 4.06. The third-order valence-corrected chi connectivity index (χ3v) is 3.55. The Labute approximate surface area is 104 Å². The molecule has 1 aromatic rings. The Hall–Kier alpha value is -1.43. The van der Waals surface area contributed by atoms with Crippen molar-refractivity contribution < 1.29 is 9.59 Å². The molecule has 92 valence electrons. The zero-order valence-electron chi connectivity index (χ0n) is 9.76. The Kier molecular flexibility index (Phi) is 3.73. The number of nitrogens with zero attached hydrogens (tertiary/aromatic N) is 3. The molecule has 0 unspecified atom stereocenters. The van der Waals surface area contributed by atoms with Crippen LogP contribution in [0.4, 0.5) is 5.13 Å². The number of Topliss-reactive ketones (excluding diaryl/α,β-unsaturated/α-hetero) is 1. The van der Waals surface area contributed by atoms with E-state index in [1.165, 1.54) is 6.92 Å². The van der Waals surface area contributed by atoms with E-state index in [1.807, 2.05) is 5.38 Å². The van der Waals surface area contributed by atoms with E-state index in [1.54, 1.807) is 22.4 Å². The molecule has 0 aliphatic carbocycles. The molecule has 0 N–H and O–H groups in total. The van der Waals surface area contributed by atoms with Crippen LogP contribution in [0.3, 0.4) is 0 Å². The van der Waals surface area contributed by atoms with Crippen LogP contribution in [0.15, 0.2) is 11.6 Å². The summed E-state index contributed by atoms with van der Waals surface area (Å²) in [5.41, 5.74) is 0. The van der Waals surface area contributed by atoms with Crippen LogP contribution in [-0.4, -0.2) is 47.8 Å². The molecule has 1 fully saturated rings. The van der Waals surface area contributed by atoms with Crippen LogP contribution in [-0.2, 0) is 9.59 Å². The summed E-state index contributed by atoms with van der Waals surface area (Å²) in [6.07, 6.45) is 1.81. The predicted octanol–water partition coefficient (Wildman–Crippen LogP) is 0.771. The summed E-state index contributed by atoms with van der Waals surface area (Å²) < 4.78 is 0. The van der Waals surface area contributed by atoms with Crippen molar-refractivity contribution in [1.82, 2.24) is 9.88 Å². The second-order valence-corrected chi connectivity index (χ2v) is 4.93. The number of hydrogen-bond donors (Lipinski definition) is 0. The van der Waals surface area contributed by atoms with E-state index in [0.717, 1.165) is 18.2 Å². The molecule has 1 aromatic heterocycles. The Balaban J connectivity index is 1.86. The van der Waals surface area contributed by atoms with Crippen molar-refractivity contribution in [3.05, 3.63) is 11.6 Å². The first kappa shape index (κ1) is 12.0. The molecule has 0 aromatic carbocycles. The van der Waals surface area contributed by atoms with Crippen molar-refractivity contribution in [2.45, 2.75) is 13.3 Å². The summed E-state index contributed by atoms with van der Waals surface area (Å²) in [4.78, 5) is 30.7. The fourth-order valence-electron chi connectivity index (χ4n) is 1.84. The molecule has 1 aliphatic heterocycles. The molecule has 0 radical (unpaired) electrons. The van der Waals surface area contributed by atoms with Crippen molar-refractivity contribution >= 4 is 28.2 Å². The summed E-state index contributed by atoms with van der Waals surface area (Å²) in [5, 5.41) is 2.95. The number of anilines is 1. The van der Waals surface area contributed by atoms with Crippen LogP contribution >= 0.6 is 11.3 Å². The minimum Gasteiger partial charge on any atom is -0.345 e. The molecule has 6 heteroatoms. The highest BCUT2D eigenvalue weighted by atomic mass is 32.1. The van der Waals surface area contributed by atoms with Gasteiger partial charge < -0.3 is 9.80 Å². The van der Waals surface area contributed by atoms with Gasteiger partial charge in [-0.2, -0.15) is 0 Å². The minimum absolute atomic E-state index is 0.0251. The van der Waals surface area contributed by atoms with Gasteiger partial charge in [0, 0.05) is 37.8 Å². The normalized spacial score (nSPS) is 16.1. The number of aromatic nitrogens is 1. The van der Waals surface area contributed by atoms with Gasteiger partial charge in [0.25, 0.3) is 0 Å². The van der Waals surface area contributed by atoms with Crippen molar-refractivity contribution in [1.29, 1.82) is 0 Å². The van der Waals surface area contributed by atoms with Gasteiger partial charge in [0.2, 0.25) is 5.91 Å². The molecule has 1 amide bonds. The van der Waals surface area contributed by atoms with E-state index in [4.69, 9.17) is 0 Å². The molecule has 2 rings (SSSR count). The van der Waals surface area contributed by atoms with Crippen molar-refractivity contribution in [3.63, 3.8) is 0 Å². The first-order valence-corrected chi connectivity index (χ1v) is 6.46. The van der Waals surface area contributed by atoms with Gasteiger partial charge in [-0.05, 0) is 6.92 Å². The first-order valence-electron chi connectivity index (χ1n) is 5.58. The molecule has 0 bridgehead atoms. The Bertz CT molecular complexity index is 397. The summed E-state index contributed by atoms with van der Waals surface area (Å²) >= 11 is 1.61. The molecule has 5 nitrogen and oxygen atoms in total. The van der Waals surface area contributed by atoms with Crippen molar-refractivity contribution in [3.8, 4) is 0 Å². The van der Waals surface area contributed by atoms with Gasteiger partial charge in [0.05, 0.1) is 6.42 Å². The molecule has 0 spiro atoms. The third-order valence-electron chi connectivity index (χ3n) is 2.72. The highest BCUT2D eigenvalue weighted by Gasteiger charge is 2.22. The largest absolute Gasteiger partial charge is 0.345 e. The van der Waals surface area contributed by atoms with Crippen LogP contribution in [0.2, 0.25) is 0 Å². The molecule has 1 saturated heterocycles. The van der Waals surface area contributed by atoms with Gasteiger partial charge in [-0.3, -0.25) is 9.59 Å². The van der Waals surface area contributed by atoms with E-state index >= 15 is 0 Å². The predicted molar refractivity (Wildman–Crippen MR) is 66.2 cm³/mol. The summed E-state index contributed by atoms with van der Waals surface area (Å²) in [7, 11) is 0. The fourth-order valence-corrected chi connectivity index (χ4v) is 2.54. The van der Waals surface area contributed by atoms with E-state index in [0.29, 0.717) is 13.1 Å². The number of ketones is 1. The smallest absolute Gasteiger partial charge is 0.230 e. The number of piperazine rings is 1. The maximum Gasteiger partial charge on any atom is 0.230 e. The average molecular weight is 253 g/mol. The average Bonchev–Trinajstić information content (AvgIpc) is 2.82. The lowest BCUT2D eigenvalue weighted by Crippen LogP contribution is -2.49. The van der Waals surface area contributed by atoms with E-state index in [-0.39, 0.29) is 18.1 Å². The second kappa shape index (κ2) is 5.27. The van der Waals surface area contributed by atoms with E-state index < -0.39 is 0 Å². The van der Waals surface area contributed by atoms with Gasteiger partial charge >= 0.3 is 0 Å². The number of carbonyl (C=O) groups excluding carboxylic acids is 2. The Morgan fingerprint density at radius 3 is 2.59 bits per heavy atom. The number of thiazole rings is 1. The maximum absolute atomic E-state index is 11.7. The lowest BCUT2D eigenvalue weighted by Gasteiger charge is -2.34. The quantitative estimate of drug-likeness (QED) is 0.747. The number of amides is 1. The summed E-state index contributed by atoms with van der Waals surface area (Å²) in [6.45, 7) is 4.37. The lowest BCUT2D eigenvalue weighted by molar-refractivity contribution is -0.135. The molecular weight excluding hydrogens is 238 g/mol. The van der Waals surface area contributed by atoms with Gasteiger partial charge in [-0.1, -0.05) is 0 Å². The van der Waals surface area contributed by atoms with Crippen LogP contribution in [0.25, 0.3) is 0 Å². The van der Waals surface area contributed by atoms with Crippen LogP contribution < -0.4 is 4.90 Å². The number of hydrogen-bond acceptors (Lipinski definition) is 5. The Morgan fingerprint density at radius 2 is 2.06 bits per heavy atom. The number of carbonyl (C=O) groups is 2. The molecule has 0 atom stereocenters. The van der Waals surface area contributed by atoms with E-state index in [2.05, 4.69) is 9.88 Å². The maximum atomic E-state index is 11.7. The zero-order valence-corrected chi connectivity index (χ0v) is 10.6. The highest BCUT2D eigenvalue weighted by Crippen LogP contribution is 2.18. The molecular formula is C11H15N3O2S. The molecule has 17 heavy (non-hydrogen) atoms. The van der Waals surface area contributed by atoms with Gasteiger partial charge in [0.1, 0.15) is 5.78 Å². The monoisotopic (exact) mass is 253 g/mol. The summed E-state index contributed by atoms with van der Waals surface area (Å²) in [6, 6.07) is 0. The standard InChI is InChI=1S/C11H15N3O2S/c1-9(15)8-10(16)13-3-5-14(6-4-13)11-12-2-7-17-11/h2,7H,3-6,8H2,1H3. The van der Waals surface area contributed by atoms with Crippen LogP contribution in [0.1, 0.15) is 13.3 Å². The Morgan fingerprint density at radius 1 is 1.35 bits per heavy atom. The van der Waals surface area contributed by atoms with Gasteiger partial charge in [0.15, 0.2) is 5.13 Å². The van der Waals surface area contributed by atoms with Crippen LogP contribution in [0, 0.1) is 0 Å². The van der Waals surface area contributed by atoms with Crippen molar-refractivity contribution in [2.24, 2.45) is 0 Å². The lowest BCUT2D eigenvalue weighted by atomic mass is 10.2. The van der Waals surface area contributed by atoms with Crippen LogP contribution in [0.5, 0.6) is 0 Å². The third kappa shape index (κ3) is 3.03. The minimum atomic E-state index is -0.0719. The van der Waals surface area contributed by atoms with Gasteiger partial charge in [-0.15, -0.1) is 11.3 Å². The van der Waals surface area contributed by atoms with Crippen molar-refractivity contribution in [2.75, 3.05) is 31.1 Å². The van der Waals surface area contributed by atoms with Gasteiger partial charge in [-0.25, -0.2) is 4.98 Å². The molecule has 1 aliphatic rings. The number of rotatable bonds is 3. The fraction of sp³-hybridized carbons (Fsp3) is 0.545. The molecule has 2 heterocycles. The highest BCUT2D eigenvalue weighted by molar-refractivity contribution is 7.13. The zero-order chi connectivity index (χ0) is 12.3. The van der Waals surface area contributed by atoms with E-state index in [9.17, 15) is 9.59 Å².